The average Bonchev–Trinajstić information content (AvgIpc) is 2.98. The van der Waals surface area contributed by atoms with Crippen molar-refractivity contribution >= 4 is 12.0 Å². The number of nitrogens with zero attached hydrogens (tertiary/aromatic N) is 2. The molecule has 0 unspecified atom stereocenters. The molecule has 110 valence electrons. The highest BCUT2D eigenvalue weighted by Crippen LogP contribution is 2.10. The monoisotopic (exact) mass is 279 g/mol. The fourth-order valence-electron chi connectivity index (χ4n) is 2.24. The number of urea groups is 1. The van der Waals surface area contributed by atoms with Crippen LogP contribution in [0, 0.1) is 0 Å². The van der Waals surface area contributed by atoms with Crippen LogP contribution in [0.1, 0.15) is 18.6 Å². The number of hydrogen-bond acceptors (Lipinski definition) is 3. The summed E-state index contributed by atoms with van der Waals surface area (Å²) in [6.07, 6.45) is 3.52. The Kier molecular flexibility index (Phi) is 4.86. The van der Waals surface area contributed by atoms with E-state index in [9.17, 15) is 4.79 Å². The highest BCUT2D eigenvalue weighted by Gasteiger charge is 2.23. The fraction of sp³-hybridized carbons (Fsp3) is 0.538. The molecule has 1 fully saturated rings. The van der Waals surface area contributed by atoms with Crippen LogP contribution in [-0.2, 0) is 6.54 Å². The summed E-state index contributed by atoms with van der Waals surface area (Å²) < 4.78 is 5.18. The van der Waals surface area contributed by atoms with Crippen molar-refractivity contribution in [2.75, 3.05) is 20.1 Å². The summed E-state index contributed by atoms with van der Waals surface area (Å²) >= 11 is 0. The van der Waals surface area contributed by atoms with E-state index in [-0.39, 0.29) is 12.1 Å². The van der Waals surface area contributed by atoms with E-state index in [1.165, 1.54) is 0 Å². The number of piperidine rings is 1. The highest BCUT2D eigenvalue weighted by atomic mass is 16.3. The van der Waals surface area contributed by atoms with Crippen LogP contribution in [0.4, 0.5) is 4.79 Å². The molecule has 1 aromatic rings. The van der Waals surface area contributed by atoms with Gasteiger partial charge in [-0.25, -0.2) is 4.79 Å². The molecule has 1 aliphatic heterocycles. The van der Waals surface area contributed by atoms with Gasteiger partial charge in [0.25, 0.3) is 0 Å². The molecule has 7 nitrogen and oxygen atoms in total. The van der Waals surface area contributed by atoms with Gasteiger partial charge in [0.2, 0.25) is 0 Å². The van der Waals surface area contributed by atoms with Crippen LogP contribution in [0.5, 0.6) is 0 Å². The van der Waals surface area contributed by atoms with Crippen LogP contribution in [0.3, 0.4) is 0 Å². The van der Waals surface area contributed by atoms with Crippen LogP contribution < -0.4 is 16.4 Å². The number of hydrogen-bond donors (Lipinski definition) is 3. The first-order valence-corrected chi connectivity index (χ1v) is 6.73. The standard InChI is InChI=1S/C13H21N5O2/c1-15-12(14)17-10-4-2-6-18(9-10)13(19)16-8-11-5-3-7-20-11/h3,5,7,10H,2,4,6,8-9H2,1H3,(H,16,19)(H3,14,15,17)/t10-/m1/s1. The van der Waals surface area contributed by atoms with E-state index in [1.807, 2.05) is 6.07 Å². The third-order valence-corrected chi connectivity index (χ3v) is 3.30. The molecular weight excluding hydrogens is 258 g/mol. The van der Waals surface area contributed by atoms with Crippen LogP contribution in [0.2, 0.25) is 0 Å². The molecule has 1 atom stereocenters. The molecule has 1 aromatic heterocycles. The van der Waals surface area contributed by atoms with E-state index >= 15 is 0 Å². The Hall–Kier alpha value is -2.18. The summed E-state index contributed by atoms with van der Waals surface area (Å²) in [4.78, 5) is 17.7. The van der Waals surface area contributed by atoms with Crippen molar-refractivity contribution in [1.29, 1.82) is 0 Å². The maximum Gasteiger partial charge on any atom is 0.317 e. The van der Waals surface area contributed by atoms with Crippen LogP contribution in [0.25, 0.3) is 0 Å². The smallest absolute Gasteiger partial charge is 0.317 e. The zero-order chi connectivity index (χ0) is 14.4. The Bertz CT molecular complexity index is 457. The van der Waals surface area contributed by atoms with Gasteiger partial charge in [-0.3, -0.25) is 4.99 Å². The summed E-state index contributed by atoms with van der Waals surface area (Å²) in [6.45, 7) is 1.78. The Morgan fingerprint density at radius 2 is 2.50 bits per heavy atom. The minimum Gasteiger partial charge on any atom is -0.467 e. The second kappa shape index (κ2) is 6.83. The number of aliphatic imine (C=N–C) groups is 1. The van der Waals surface area contributed by atoms with Gasteiger partial charge in [-0.05, 0) is 25.0 Å². The van der Waals surface area contributed by atoms with Gasteiger partial charge in [-0.2, -0.15) is 0 Å². The first-order chi connectivity index (χ1) is 9.69. The second-order valence-corrected chi connectivity index (χ2v) is 4.78. The van der Waals surface area contributed by atoms with E-state index in [2.05, 4.69) is 15.6 Å². The number of guanidine groups is 1. The number of amides is 2. The quantitative estimate of drug-likeness (QED) is 0.554. The minimum atomic E-state index is -0.0834. The summed E-state index contributed by atoms with van der Waals surface area (Å²) in [5, 5.41) is 5.96. The summed E-state index contributed by atoms with van der Waals surface area (Å²) in [5.74, 6) is 1.15. The number of nitrogens with one attached hydrogen (secondary N) is 2. The number of nitrogens with two attached hydrogens (primary N) is 1. The molecule has 0 saturated carbocycles. The van der Waals surface area contributed by atoms with Gasteiger partial charge in [-0.15, -0.1) is 0 Å². The van der Waals surface area contributed by atoms with E-state index < -0.39 is 0 Å². The molecule has 0 radical (unpaired) electrons. The molecule has 2 heterocycles. The maximum atomic E-state index is 12.1. The normalized spacial score (nSPS) is 19.8. The van der Waals surface area contributed by atoms with Crippen molar-refractivity contribution in [1.82, 2.24) is 15.5 Å². The zero-order valence-corrected chi connectivity index (χ0v) is 11.6. The molecule has 0 spiro atoms. The van der Waals surface area contributed by atoms with Crippen molar-refractivity contribution in [3.8, 4) is 0 Å². The number of carbonyl (C=O) groups is 1. The molecule has 20 heavy (non-hydrogen) atoms. The number of rotatable bonds is 3. The first-order valence-electron chi connectivity index (χ1n) is 6.73. The second-order valence-electron chi connectivity index (χ2n) is 4.78. The van der Waals surface area contributed by atoms with Crippen molar-refractivity contribution < 1.29 is 9.21 Å². The Balaban J connectivity index is 1.80. The lowest BCUT2D eigenvalue weighted by molar-refractivity contribution is 0.175. The van der Waals surface area contributed by atoms with Crippen molar-refractivity contribution in [2.45, 2.75) is 25.4 Å². The van der Waals surface area contributed by atoms with Gasteiger partial charge in [0.1, 0.15) is 5.76 Å². The predicted molar refractivity (Wildman–Crippen MR) is 76.2 cm³/mol. The highest BCUT2D eigenvalue weighted by molar-refractivity contribution is 5.78. The number of carbonyl (C=O) groups excluding carboxylic acids is 1. The van der Waals surface area contributed by atoms with Gasteiger partial charge in [0, 0.05) is 26.2 Å². The SMILES string of the molecule is CN=C(N)N[C@@H]1CCCN(C(=O)NCc2ccco2)C1. The third kappa shape index (κ3) is 3.91. The predicted octanol–water partition coefficient (Wildman–Crippen LogP) is 0.488. The topological polar surface area (TPSA) is 95.9 Å². The largest absolute Gasteiger partial charge is 0.467 e. The number of furan rings is 1. The molecule has 0 bridgehead atoms. The molecule has 1 saturated heterocycles. The van der Waals surface area contributed by atoms with Gasteiger partial charge in [-0.1, -0.05) is 0 Å². The Labute approximate surface area is 118 Å². The van der Waals surface area contributed by atoms with Crippen molar-refractivity contribution in [3.63, 3.8) is 0 Å². The van der Waals surface area contributed by atoms with Gasteiger partial charge >= 0.3 is 6.03 Å². The average molecular weight is 279 g/mol. The lowest BCUT2D eigenvalue weighted by atomic mass is 10.1. The molecule has 0 aromatic carbocycles. The summed E-state index contributed by atoms with van der Waals surface area (Å²) in [5.41, 5.74) is 5.66. The lowest BCUT2D eigenvalue weighted by Gasteiger charge is -2.33. The molecule has 7 heteroatoms. The van der Waals surface area contributed by atoms with Crippen molar-refractivity contribution in [3.05, 3.63) is 24.2 Å². The summed E-state index contributed by atoms with van der Waals surface area (Å²) in [6, 6.07) is 3.70. The maximum absolute atomic E-state index is 12.1. The van der Waals surface area contributed by atoms with Crippen molar-refractivity contribution in [2.24, 2.45) is 10.7 Å². The first kappa shape index (κ1) is 14.2. The van der Waals surface area contributed by atoms with Crippen LogP contribution in [0.15, 0.2) is 27.8 Å². The van der Waals surface area contributed by atoms with E-state index in [0.717, 1.165) is 25.1 Å². The Morgan fingerprint density at radius 3 is 3.20 bits per heavy atom. The number of likely N-dealkylation sites (tertiary alicyclic amines) is 1. The summed E-state index contributed by atoms with van der Waals surface area (Å²) in [7, 11) is 1.64. The van der Waals surface area contributed by atoms with Gasteiger partial charge in [0.15, 0.2) is 5.96 Å². The van der Waals surface area contributed by atoms with Crippen LogP contribution >= 0.6 is 0 Å². The van der Waals surface area contributed by atoms with E-state index in [4.69, 9.17) is 10.2 Å². The molecule has 2 rings (SSSR count). The zero-order valence-electron chi connectivity index (χ0n) is 11.6. The molecular formula is C13H21N5O2. The van der Waals surface area contributed by atoms with Gasteiger partial charge in [0.05, 0.1) is 12.8 Å². The van der Waals surface area contributed by atoms with Crippen LogP contribution in [-0.4, -0.2) is 43.1 Å². The van der Waals surface area contributed by atoms with E-state index in [0.29, 0.717) is 19.0 Å². The van der Waals surface area contributed by atoms with Gasteiger partial charge < -0.3 is 25.7 Å². The molecule has 1 aliphatic rings. The Morgan fingerprint density at radius 1 is 1.65 bits per heavy atom. The lowest BCUT2D eigenvalue weighted by Crippen LogP contribution is -2.53. The molecule has 0 aliphatic carbocycles. The third-order valence-electron chi connectivity index (χ3n) is 3.30. The minimum absolute atomic E-state index is 0.0834. The van der Waals surface area contributed by atoms with E-state index in [1.54, 1.807) is 24.3 Å². The molecule has 2 amide bonds. The molecule has 4 N–H and O–H groups in total. The fourth-order valence-corrected chi connectivity index (χ4v) is 2.24.